The summed E-state index contributed by atoms with van der Waals surface area (Å²) in [5, 5.41) is 17.8. The van der Waals surface area contributed by atoms with Gasteiger partial charge in [-0.05, 0) is 61.8 Å². The standard InChI is InChI=1S/C24H24ClFN6O/c25-18-3-1-2-17(13-18)12-16-4-7-24(8-5-16,9-10-27)32-15-20(22(28)33)23(31-32)30-19-6-11-29-21(26)14-19/h1-3,6,11,13-16H,4-5,7-9,12H2,(H2,28,33)(H,29,30,31). The van der Waals surface area contributed by atoms with Gasteiger partial charge in [-0.15, -0.1) is 0 Å². The Morgan fingerprint density at radius 2 is 2.12 bits per heavy atom. The Kier molecular flexibility index (Phi) is 6.61. The number of anilines is 2. The number of carbonyl (C=O) groups excluding carboxylic acids is 1. The van der Waals surface area contributed by atoms with Crippen molar-refractivity contribution in [3.8, 4) is 6.07 Å². The molecule has 1 aliphatic carbocycles. The van der Waals surface area contributed by atoms with E-state index in [-0.39, 0.29) is 17.8 Å². The molecule has 0 spiro atoms. The minimum absolute atomic E-state index is 0.186. The van der Waals surface area contributed by atoms with Crippen molar-refractivity contribution >= 4 is 29.0 Å². The SMILES string of the molecule is N#CCC1(n2cc(C(N)=O)c(Nc3ccnc(F)c3)n2)CCC(Cc2cccc(Cl)c2)CC1. The van der Waals surface area contributed by atoms with Crippen molar-refractivity contribution in [3.05, 3.63) is 70.9 Å². The zero-order chi connectivity index (χ0) is 23.4. The largest absolute Gasteiger partial charge is 0.365 e. The molecule has 0 bridgehead atoms. The van der Waals surface area contributed by atoms with Crippen molar-refractivity contribution in [1.29, 1.82) is 5.26 Å². The molecule has 3 aromatic rings. The van der Waals surface area contributed by atoms with Crippen molar-refractivity contribution in [1.82, 2.24) is 14.8 Å². The molecule has 0 atom stereocenters. The van der Waals surface area contributed by atoms with Crippen LogP contribution in [0, 0.1) is 23.2 Å². The first-order valence-corrected chi connectivity index (χ1v) is 11.2. The summed E-state index contributed by atoms with van der Waals surface area (Å²) in [6.45, 7) is 0. The summed E-state index contributed by atoms with van der Waals surface area (Å²) in [4.78, 5) is 15.6. The third kappa shape index (κ3) is 5.15. The fraction of sp³-hybridized carbons (Fsp3) is 0.333. The van der Waals surface area contributed by atoms with Gasteiger partial charge in [-0.3, -0.25) is 9.48 Å². The number of nitrogens with zero attached hydrogens (tertiary/aromatic N) is 4. The second kappa shape index (κ2) is 9.59. The Balaban J connectivity index is 1.56. The van der Waals surface area contributed by atoms with Crippen LogP contribution in [0.15, 0.2) is 48.8 Å². The van der Waals surface area contributed by atoms with E-state index in [2.05, 4.69) is 27.5 Å². The summed E-state index contributed by atoms with van der Waals surface area (Å²) in [6.07, 6.45) is 7.42. The molecule has 2 heterocycles. The monoisotopic (exact) mass is 466 g/mol. The fourth-order valence-electron chi connectivity index (χ4n) is 4.56. The van der Waals surface area contributed by atoms with Crippen molar-refractivity contribution in [2.45, 2.75) is 44.1 Å². The van der Waals surface area contributed by atoms with Gasteiger partial charge in [-0.25, -0.2) is 4.98 Å². The maximum atomic E-state index is 13.5. The zero-order valence-corrected chi connectivity index (χ0v) is 18.7. The number of primary amides is 1. The van der Waals surface area contributed by atoms with Crippen LogP contribution in [0.2, 0.25) is 5.02 Å². The average molecular weight is 467 g/mol. The number of hydrogen-bond donors (Lipinski definition) is 2. The van der Waals surface area contributed by atoms with Crippen LogP contribution < -0.4 is 11.1 Å². The molecule has 0 unspecified atom stereocenters. The molecule has 1 aliphatic rings. The molecule has 7 nitrogen and oxygen atoms in total. The molecular weight excluding hydrogens is 443 g/mol. The molecule has 170 valence electrons. The average Bonchev–Trinajstić information content (AvgIpc) is 3.20. The summed E-state index contributed by atoms with van der Waals surface area (Å²) in [7, 11) is 0. The van der Waals surface area contributed by atoms with E-state index in [1.54, 1.807) is 16.9 Å². The predicted molar refractivity (Wildman–Crippen MR) is 124 cm³/mol. The van der Waals surface area contributed by atoms with E-state index < -0.39 is 17.4 Å². The molecule has 2 aromatic heterocycles. The highest BCUT2D eigenvalue weighted by Crippen LogP contribution is 2.42. The number of rotatable bonds is 7. The maximum Gasteiger partial charge on any atom is 0.254 e. The van der Waals surface area contributed by atoms with E-state index in [4.69, 9.17) is 17.3 Å². The van der Waals surface area contributed by atoms with Gasteiger partial charge in [0, 0.05) is 29.2 Å². The van der Waals surface area contributed by atoms with Gasteiger partial charge in [0.1, 0.15) is 5.56 Å². The lowest BCUT2D eigenvalue weighted by Gasteiger charge is -2.39. The van der Waals surface area contributed by atoms with E-state index in [1.165, 1.54) is 17.8 Å². The molecule has 3 N–H and O–H groups in total. The Hall–Kier alpha value is -3.44. The summed E-state index contributed by atoms with van der Waals surface area (Å²) < 4.78 is 15.2. The topological polar surface area (TPSA) is 110 Å². The van der Waals surface area contributed by atoms with E-state index in [1.807, 2.05) is 18.2 Å². The Morgan fingerprint density at radius 1 is 1.33 bits per heavy atom. The molecule has 0 saturated heterocycles. The Morgan fingerprint density at radius 3 is 2.79 bits per heavy atom. The highest BCUT2D eigenvalue weighted by atomic mass is 35.5. The first kappa shape index (κ1) is 22.7. The second-order valence-corrected chi connectivity index (χ2v) is 8.97. The minimum Gasteiger partial charge on any atom is -0.365 e. The summed E-state index contributed by atoms with van der Waals surface area (Å²) >= 11 is 6.12. The summed E-state index contributed by atoms with van der Waals surface area (Å²) in [5.74, 6) is -0.607. The lowest BCUT2D eigenvalue weighted by molar-refractivity contribution is 0.1000. The third-order valence-electron chi connectivity index (χ3n) is 6.31. The van der Waals surface area contributed by atoms with E-state index in [9.17, 15) is 14.4 Å². The number of nitrogens with two attached hydrogens (primary N) is 1. The van der Waals surface area contributed by atoms with Crippen LogP contribution in [0.25, 0.3) is 0 Å². The van der Waals surface area contributed by atoms with E-state index in [0.717, 1.165) is 37.1 Å². The second-order valence-electron chi connectivity index (χ2n) is 8.53. The molecule has 1 amide bonds. The lowest BCUT2D eigenvalue weighted by atomic mass is 9.73. The highest BCUT2D eigenvalue weighted by Gasteiger charge is 2.38. The number of aromatic nitrogens is 3. The molecule has 1 aromatic carbocycles. The number of carbonyl (C=O) groups is 1. The van der Waals surface area contributed by atoms with Crippen LogP contribution in [0.3, 0.4) is 0 Å². The van der Waals surface area contributed by atoms with Gasteiger partial charge in [0.25, 0.3) is 5.91 Å². The molecule has 0 radical (unpaired) electrons. The van der Waals surface area contributed by atoms with Crippen LogP contribution in [-0.2, 0) is 12.0 Å². The van der Waals surface area contributed by atoms with Crippen LogP contribution >= 0.6 is 11.6 Å². The maximum absolute atomic E-state index is 13.5. The van der Waals surface area contributed by atoms with Gasteiger partial charge in [0.2, 0.25) is 5.95 Å². The first-order chi connectivity index (χ1) is 15.9. The third-order valence-corrected chi connectivity index (χ3v) is 6.55. The number of hydrogen-bond acceptors (Lipinski definition) is 5. The van der Waals surface area contributed by atoms with Gasteiger partial charge >= 0.3 is 0 Å². The number of halogens is 2. The normalized spacial score (nSPS) is 20.2. The Bertz CT molecular complexity index is 1200. The minimum atomic E-state index is -0.654. The van der Waals surface area contributed by atoms with Gasteiger partial charge in [0.15, 0.2) is 5.82 Å². The molecular formula is C24H24ClFN6O. The van der Waals surface area contributed by atoms with E-state index >= 15 is 0 Å². The predicted octanol–water partition coefficient (Wildman–Crippen LogP) is 4.95. The molecule has 4 rings (SSSR count). The highest BCUT2D eigenvalue weighted by molar-refractivity contribution is 6.30. The summed E-state index contributed by atoms with van der Waals surface area (Å²) in [6, 6.07) is 13.0. The van der Waals surface area contributed by atoms with E-state index in [0.29, 0.717) is 11.6 Å². The first-order valence-electron chi connectivity index (χ1n) is 10.8. The molecule has 0 aliphatic heterocycles. The smallest absolute Gasteiger partial charge is 0.254 e. The number of benzene rings is 1. The number of pyridine rings is 1. The number of amides is 1. The van der Waals surface area contributed by atoms with Gasteiger partial charge in [-0.2, -0.15) is 14.8 Å². The fourth-order valence-corrected chi connectivity index (χ4v) is 4.77. The van der Waals surface area contributed by atoms with Crippen molar-refractivity contribution in [2.75, 3.05) is 5.32 Å². The summed E-state index contributed by atoms with van der Waals surface area (Å²) in [5.41, 5.74) is 6.83. The van der Waals surface area contributed by atoms with Crippen molar-refractivity contribution < 1.29 is 9.18 Å². The van der Waals surface area contributed by atoms with Gasteiger partial charge < -0.3 is 11.1 Å². The number of nitrogens with one attached hydrogen (secondary N) is 1. The molecule has 9 heteroatoms. The van der Waals surface area contributed by atoms with Crippen LogP contribution in [0.5, 0.6) is 0 Å². The van der Waals surface area contributed by atoms with Gasteiger partial charge in [-0.1, -0.05) is 23.7 Å². The molecule has 1 fully saturated rings. The van der Waals surface area contributed by atoms with Crippen molar-refractivity contribution in [3.63, 3.8) is 0 Å². The quantitative estimate of drug-likeness (QED) is 0.478. The van der Waals surface area contributed by atoms with Crippen LogP contribution in [-0.4, -0.2) is 20.7 Å². The lowest BCUT2D eigenvalue weighted by Crippen LogP contribution is -2.38. The molecule has 33 heavy (non-hydrogen) atoms. The zero-order valence-electron chi connectivity index (χ0n) is 18.0. The number of nitriles is 1. The molecule has 1 saturated carbocycles. The van der Waals surface area contributed by atoms with Crippen LogP contribution in [0.1, 0.15) is 48.0 Å². The van der Waals surface area contributed by atoms with Crippen molar-refractivity contribution in [2.24, 2.45) is 11.7 Å². The van der Waals surface area contributed by atoms with Gasteiger partial charge in [0.05, 0.1) is 18.0 Å². The van der Waals surface area contributed by atoms with Crippen LogP contribution in [0.4, 0.5) is 15.9 Å². The Labute approximate surface area is 196 Å².